The molecular weight excluding hydrogens is 496 g/mol. The van der Waals surface area contributed by atoms with Crippen LogP contribution in [0.25, 0.3) is 0 Å². The maximum absolute atomic E-state index is 12.2. The van der Waals surface area contributed by atoms with Gasteiger partial charge in [0.2, 0.25) is 0 Å². The molecule has 0 aliphatic carbocycles. The van der Waals surface area contributed by atoms with Gasteiger partial charge in [-0.3, -0.25) is 9.59 Å². The van der Waals surface area contributed by atoms with Crippen LogP contribution < -0.4 is 0 Å². The number of carboxylic acid groups (broad SMARTS) is 1. The summed E-state index contributed by atoms with van der Waals surface area (Å²) in [4.78, 5) is 22.7. The molecule has 0 saturated carbocycles. The van der Waals surface area contributed by atoms with Gasteiger partial charge in [-0.2, -0.15) is 0 Å². The van der Waals surface area contributed by atoms with Gasteiger partial charge in [-0.05, 0) is 70.6 Å². The van der Waals surface area contributed by atoms with Crippen molar-refractivity contribution in [2.75, 3.05) is 0 Å². The molecule has 1 N–H and O–H groups in total. The fourth-order valence-electron chi connectivity index (χ4n) is 4.14. The number of unbranched alkanes of at least 4 members (excludes halogenated alkanes) is 7. The monoisotopic (exact) mass is 554 g/mol. The van der Waals surface area contributed by atoms with Crippen molar-refractivity contribution in [2.45, 2.75) is 142 Å². The molecule has 40 heavy (non-hydrogen) atoms. The summed E-state index contributed by atoms with van der Waals surface area (Å²) in [7, 11) is 0. The Bertz CT molecular complexity index is 770. The summed E-state index contributed by atoms with van der Waals surface area (Å²) in [6, 6.07) is 0. The second-order valence-corrected chi connectivity index (χ2v) is 10.2. The molecule has 0 amide bonds. The number of aliphatic carboxylic acids is 1. The summed E-state index contributed by atoms with van der Waals surface area (Å²) >= 11 is 0. The topological polar surface area (TPSA) is 63.6 Å². The van der Waals surface area contributed by atoms with E-state index in [-0.39, 0.29) is 12.1 Å². The predicted molar refractivity (Wildman–Crippen MR) is 171 cm³/mol. The minimum atomic E-state index is -0.695. The van der Waals surface area contributed by atoms with Gasteiger partial charge in [-0.25, -0.2) is 0 Å². The Labute approximate surface area is 246 Å². The molecule has 0 aliphatic rings. The quantitative estimate of drug-likeness (QED) is 0.0623. The Hall–Kier alpha value is -2.62. The van der Waals surface area contributed by atoms with Crippen LogP contribution >= 0.6 is 0 Å². The molecule has 0 saturated heterocycles. The van der Waals surface area contributed by atoms with Crippen LogP contribution in [0.5, 0.6) is 0 Å². The first kappa shape index (κ1) is 37.4. The average Bonchev–Trinajstić information content (AvgIpc) is 2.94. The number of ether oxygens (including phenoxy) is 1. The van der Waals surface area contributed by atoms with Crippen LogP contribution in [0.1, 0.15) is 136 Å². The van der Waals surface area contributed by atoms with E-state index in [1.807, 2.05) is 0 Å². The third-order valence-corrected chi connectivity index (χ3v) is 6.53. The molecule has 0 radical (unpaired) electrons. The fourth-order valence-corrected chi connectivity index (χ4v) is 4.14. The number of hydrogen-bond donors (Lipinski definition) is 1. The second-order valence-electron chi connectivity index (χ2n) is 10.2. The van der Waals surface area contributed by atoms with Crippen LogP contribution in [0.2, 0.25) is 0 Å². The number of hydrogen-bond acceptors (Lipinski definition) is 3. The minimum absolute atomic E-state index is 0.0359. The van der Waals surface area contributed by atoms with Crippen LogP contribution in [0.4, 0.5) is 0 Å². The first-order valence-corrected chi connectivity index (χ1v) is 15.9. The van der Waals surface area contributed by atoms with E-state index in [2.05, 4.69) is 86.8 Å². The summed E-state index contributed by atoms with van der Waals surface area (Å²) in [5.41, 5.74) is 0. The van der Waals surface area contributed by atoms with Crippen molar-refractivity contribution < 1.29 is 19.4 Å². The lowest BCUT2D eigenvalue weighted by atomic mass is 10.0. The van der Waals surface area contributed by atoms with Gasteiger partial charge in [0, 0.05) is 12.8 Å². The van der Waals surface area contributed by atoms with E-state index in [1.54, 1.807) is 0 Å². The molecule has 0 rings (SSSR count). The molecular formula is C36H58O4. The van der Waals surface area contributed by atoms with Crippen molar-refractivity contribution in [1.29, 1.82) is 0 Å². The Morgan fingerprint density at radius 2 is 1.00 bits per heavy atom. The van der Waals surface area contributed by atoms with Gasteiger partial charge >= 0.3 is 11.9 Å². The van der Waals surface area contributed by atoms with Gasteiger partial charge in [0.1, 0.15) is 6.10 Å². The number of esters is 1. The summed E-state index contributed by atoms with van der Waals surface area (Å²) in [6.45, 7) is 4.24. The van der Waals surface area contributed by atoms with Gasteiger partial charge in [0.25, 0.3) is 0 Å². The standard InChI is InChI=1S/C36H58O4/c1-3-5-6-7-8-9-10-11-12-13-14-15-16-17-18-19-24-27-30-33-36(39)40-34(4-2)31-28-25-22-20-21-23-26-29-32-35(37)38/h5-6,8-9,11-12,14-15,17-18,24,27,34H,3-4,7,10,13,16,19-23,25-26,28-33H2,1-2H3,(H,37,38)/b6-5-,9-8-,12-11-,15-14-,18-17-,27-24-. The van der Waals surface area contributed by atoms with E-state index >= 15 is 0 Å². The lowest BCUT2D eigenvalue weighted by Crippen LogP contribution is -2.17. The first-order valence-electron chi connectivity index (χ1n) is 15.9. The molecule has 226 valence electrons. The van der Waals surface area contributed by atoms with Crippen molar-refractivity contribution in [3.63, 3.8) is 0 Å². The smallest absolute Gasteiger partial charge is 0.306 e. The lowest BCUT2D eigenvalue weighted by molar-refractivity contribution is -0.149. The molecule has 1 unspecified atom stereocenters. The van der Waals surface area contributed by atoms with Crippen molar-refractivity contribution in [2.24, 2.45) is 0 Å². The number of allylic oxidation sites excluding steroid dienone is 12. The van der Waals surface area contributed by atoms with Gasteiger partial charge in [-0.15, -0.1) is 0 Å². The molecule has 4 nitrogen and oxygen atoms in total. The van der Waals surface area contributed by atoms with E-state index in [4.69, 9.17) is 9.84 Å². The maximum Gasteiger partial charge on any atom is 0.306 e. The van der Waals surface area contributed by atoms with Gasteiger partial charge in [0.05, 0.1) is 0 Å². The van der Waals surface area contributed by atoms with E-state index in [1.165, 1.54) is 25.7 Å². The number of carboxylic acids is 1. The summed E-state index contributed by atoms with van der Waals surface area (Å²) in [5, 5.41) is 8.64. The van der Waals surface area contributed by atoms with Crippen LogP contribution in [-0.2, 0) is 14.3 Å². The molecule has 0 heterocycles. The molecule has 0 aromatic rings. The van der Waals surface area contributed by atoms with E-state index in [0.29, 0.717) is 12.8 Å². The minimum Gasteiger partial charge on any atom is -0.481 e. The summed E-state index contributed by atoms with van der Waals surface area (Å²) < 4.78 is 5.68. The zero-order valence-electron chi connectivity index (χ0n) is 25.6. The largest absolute Gasteiger partial charge is 0.481 e. The van der Waals surface area contributed by atoms with Crippen LogP contribution in [0.15, 0.2) is 72.9 Å². The van der Waals surface area contributed by atoms with Crippen molar-refractivity contribution in [1.82, 2.24) is 0 Å². The normalized spacial score (nSPS) is 13.2. The van der Waals surface area contributed by atoms with Gasteiger partial charge in [-0.1, -0.05) is 125 Å². The van der Waals surface area contributed by atoms with Gasteiger partial charge in [0.15, 0.2) is 0 Å². The summed E-state index contributed by atoms with van der Waals surface area (Å²) in [6.07, 6.45) is 44.2. The van der Waals surface area contributed by atoms with Crippen LogP contribution in [0, 0.1) is 0 Å². The van der Waals surface area contributed by atoms with Crippen LogP contribution in [-0.4, -0.2) is 23.1 Å². The third-order valence-electron chi connectivity index (χ3n) is 6.53. The Morgan fingerprint density at radius 3 is 1.45 bits per heavy atom. The molecule has 0 aliphatic heterocycles. The Kier molecular flexibility index (Phi) is 28.9. The van der Waals surface area contributed by atoms with E-state index in [9.17, 15) is 9.59 Å². The Morgan fingerprint density at radius 1 is 0.575 bits per heavy atom. The lowest BCUT2D eigenvalue weighted by Gasteiger charge is -2.16. The highest BCUT2D eigenvalue weighted by molar-refractivity contribution is 5.69. The zero-order valence-corrected chi connectivity index (χ0v) is 25.6. The SMILES string of the molecule is CC/C=C\C/C=C\C/C=C\C/C=C\C/C=C\C/C=C\CCC(=O)OC(CC)CCCCCCCCCCC(=O)O. The average molecular weight is 555 g/mol. The number of carbonyl (C=O) groups is 2. The number of rotatable bonds is 27. The third kappa shape index (κ3) is 29.9. The van der Waals surface area contributed by atoms with Crippen molar-refractivity contribution in [3.8, 4) is 0 Å². The molecule has 4 heteroatoms. The summed E-state index contributed by atoms with van der Waals surface area (Å²) in [5.74, 6) is -0.785. The highest BCUT2D eigenvalue weighted by Gasteiger charge is 2.11. The molecule has 1 atom stereocenters. The zero-order chi connectivity index (χ0) is 29.4. The van der Waals surface area contributed by atoms with Crippen molar-refractivity contribution in [3.05, 3.63) is 72.9 Å². The first-order chi connectivity index (χ1) is 19.6. The number of carbonyl (C=O) groups excluding carboxylic acids is 1. The molecule has 0 bridgehead atoms. The maximum atomic E-state index is 12.2. The van der Waals surface area contributed by atoms with Crippen LogP contribution in [0.3, 0.4) is 0 Å². The highest BCUT2D eigenvalue weighted by atomic mass is 16.5. The van der Waals surface area contributed by atoms with Gasteiger partial charge < -0.3 is 9.84 Å². The fraction of sp³-hybridized carbons (Fsp3) is 0.611. The molecule has 0 aromatic carbocycles. The van der Waals surface area contributed by atoms with Crippen molar-refractivity contribution >= 4 is 11.9 Å². The Balaban J connectivity index is 3.70. The molecule has 0 spiro atoms. The van der Waals surface area contributed by atoms with E-state index < -0.39 is 5.97 Å². The highest BCUT2D eigenvalue weighted by Crippen LogP contribution is 2.15. The molecule has 0 fully saturated rings. The predicted octanol–water partition coefficient (Wildman–Crippen LogP) is 10.8. The molecule has 0 aromatic heterocycles. The second kappa shape index (κ2) is 30.9. The van der Waals surface area contributed by atoms with E-state index in [0.717, 1.165) is 83.5 Å².